The van der Waals surface area contributed by atoms with Crippen molar-refractivity contribution >= 4 is 5.78 Å². The summed E-state index contributed by atoms with van der Waals surface area (Å²) in [4.78, 5) is 11.6. The highest BCUT2D eigenvalue weighted by Gasteiger charge is 2.31. The molecular weight excluding hydrogens is 271 g/mol. The van der Waals surface area contributed by atoms with Crippen LogP contribution in [0.15, 0.2) is 23.8 Å². The molecule has 0 bridgehead atoms. The summed E-state index contributed by atoms with van der Waals surface area (Å²) < 4.78 is 67.5. The van der Waals surface area contributed by atoms with E-state index in [0.717, 1.165) is 13.2 Å². The molecule has 0 fully saturated rings. The van der Waals surface area contributed by atoms with E-state index in [1.807, 2.05) is 0 Å². The van der Waals surface area contributed by atoms with Gasteiger partial charge in [-0.3, -0.25) is 4.79 Å². The fourth-order valence-corrected chi connectivity index (χ4v) is 1.28. The number of hydrogen-bond donors (Lipinski definition) is 0. The van der Waals surface area contributed by atoms with Crippen LogP contribution >= 0.6 is 0 Å². The van der Waals surface area contributed by atoms with E-state index < -0.39 is 40.5 Å². The second-order valence-corrected chi connectivity index (χ2v) is 3.63. The minimum atomic E-state index is -4.67. The van der Waals surface area contributed by atoms with Gasteiger partial charge in [0.15, 0.2) is 17.3 Å². The average molecular weight is 280 g/mol. The van der Waals surface area contributed by atoms with E-state index in [1.165, 1.54) is 0 Å². The van der Waals surface area contributed by atoms with E-state index >= 15 is 0 Å². The van der Waals surface area contributed by atoms with Crippen molar-refractivity contribution in [1.82, 2.24) is 0 Å². The Labute approximate surface area is 105 Å². The predicted octanol–water partition coefficient (Wildman–Crippen LogP) is 3.66. The molecular formula is C12H9F5O2. The molecule has 0 saturated carbocycles. The van der Waals surface area contributed by atoms with Gasteiger partial charge in [0, 0.05) is 5.57 Å². The highest BCUT2D eigenvalue weighted by molar-refractivity contribution is 6.07. The van der Waals surface area contributed by atoms with Gasteiger partial charge >= 0.3 is 6.18 Å². The monoisotopic (exact) mass is 280 g/mol. The van der Waals surface area contributed by atoms with E-state index in [2.05, 4.69) is 4.74 Å². The van der Waals surface area contributed by atoms with Crippen molar-refractivity contribution in [3.8, 4) is 5.75 Å². The summed E-state index contributed by atoms with van der Waals surface area (Å²) >= 11 is 0. The van der Waals surface area contributed by atoms with E-state index in [1.54, 1.807) is 0 Å². The molecule has 0 spiro atoms. The van der Waals surface area contributed by atoms with Gasteiger partial charge in [0.1, 0.15) is 0 Å². The molecule has 2 nitrogen and oxygen atoms in total. The summed E-state index contributed by atoms with van der Waals surface area (Å²) in [6.07, 6.45) is -4.36. The first-order valence-electron chi connectivity index (χ1n) is 5.00. The molecule has 0 N–H and O–H groups in total. The summed E-state index contributed by atoms with van der Waals surface area (Å²) in [6.45, 7) is 0.699. The average Bonchev–Trinajstić information content (AvgIpc) is 2.30. The molecule has 0 amide bonds. The summed E-state index contributed by atoms with van der Waals surface area (Å²) in [5.74, 6) is -4.53. The van der Waals surface area contributed by atoms with Crippen LogP contribution in [-0.2, 0) is 0 Å². The Balaban J connectivity index is 3.25. The number of ketones is 1. The van der Waals surface area contributed by atoms with Gasteiger partial charge in [-0.2, -0.15) is 17.6 Å². The lowest BCUT2D eigenvalue weighted by molar-refractivity contribution is -0.0913. The van der Waals surface area contributed by atoms with Crippen molar-refractivity contribution in [2.45, 2.75) is 13.1 Å². The molecule has 0 atom stereocenters. The highest BCUT2D eigenvalue weighted by Crippen LogP contribution is 2.28. The van der Waals surface area contributed by atoms with Crippen molar-refractivity contribution in [2.75, 3.05) is 7.11 Å². The Bertz CT molecular complexity index is 532. The second-order valence-electron chi connectivity index (χ2n) is 3.63. The minimum Gasteiger partial charge on any atom is -0.493 e. The van der Waals surface area contributed by atoms with Crippen LogP contribution in [0.25, 0.3) is 0 Å². The molecule has 19 heavy (non-hydrogen) atoms. The first-order valence-corrected chi connectivity index (χ1v) is 5.00. The maximum atomic E-state index is 13.3. The lowest BCUT2D eigenvalue weighted by Crippen LogP contribution is -2.11. The van der Waals surface area contributed by atoms with Gasteiger partial charge in [0.05, 0.1) is 12.7 Å². The molecule has 0 radical (unpaired) electrons. The van der Waals surface area contributed by atoms with E-state index in [0.29, 0.717) is 19.1 Å². The zero-order chi connectivity index (χ0) is 14.8. The number of carbonyl (C=O) groups is 1. The molecule has 1 aromatic carbocycles. The van der Waals surface area contributed by atoms with Crippen molar-refractivity contribution < 1.29 is 31.5 Å². The Morgan fingerprint density at radius 3 is 2.32 bits per heavy atom. The van der Waals surface area contributed by atoms with Crippen LogP contribution in [0.3, 0.4) is 0 Å². The maximum Gasteiger partial charge on any atom is 0.412 e. The topological polar surface area (TPSA) is 26.3 Å². The Hall–Kier alpha value is -1.92. The highest BCUT2D eigenvalue weighted by atomic mass is 19.4. The lowest BCUT2D eigenvalue weighted by atomic mass is 10.1. The molecule has 0 aromatic heterocycles. The zero-order valence-electron chi connectivity index (χ0n) is 9.94. The van der Waals surface area contributed by atoms with Crippen LogP contribution in [-0.4, -0.2) is 19.1 Å². The third-order valence-electron chi connectivity index (χ3n) is 2.31. The first-order chi connectivity index (χ1) is 8.68. The van der Waals surface area contributed by atoms with Crippen LogP contribution in [0.1, 0.15) is 17.3 Å². The number of ether oxygens (including phenoxy) is 1. The largest absolute Gasteiger partial charge is 0.493 e. The van der Waals surface area contributed by atoms with Gasteiger partial charge in [-0.1, -0.05) is 0 Å². The molecule has 0 heterocycles. The zero-order valence-corrected chi connectivity index (χ0v) is 9.94. The number of alkyl halides is 3. The van der Waals surface area contributed by atoms with Gasteiger partial charge in [-0.15, -0.1) is 0 Å². The van der Waals surface area contributed by atoms with Crippen molar-refractivity contribution in [3.63, 3.8) is 0 Å². The number of halogens is 5. The Kier molecular flexibility index (Phi) is 4.28. The normalized spacial score (nSPS) is 12.5. The lowest BCUT2D eigenvalue weighted by Gasteiger charge is -2.09. The van der Waals surface area contributed by atoms with E-state index in [-0.39, 0.29) is 0 Å². The predicted molar refractivity (Wildman–Crippen MR) is 57.1 cm³/mol. The maximum absolute atomic E-state index is 13.3. The molecule has 1 aromatic rings. The molecule has 0 saturated heterocycles. The Morgan fingerprint density at radius 2 is 1.84 bits per heavy atom. The molecule has 0 aliphatic carbocycles. The SMILES string of the molecule is COc1c(C(=O)/C=C(\C)C(F)(F)F)ccc(F)c1F. The van der Waals surface area contributed by atoms with Crippen molar-refractivity contribution in [1.29, 1.82) is 0 Å². The minimum absolute atomic E-state index is 0.301. The summed E-state index contributed by atoms with van der Waals surface area (Å²) in [7, 11) is 0.981. The molecule has 1 rings (SSSR count). The molecule has 7 heteroatoms. The molecule has 104 valence electrons. The van der Waals surface area contributed by atoms with Gasteiger partial charge in [0.2, 0.25) is 5.82 Å². The standard InChI is InChI=1S/C12H9F5O2/c1-6(12(15,16)17)5-9(18)7-3-4-8(13)10(14)11(7)19-2/h3-5H,1-2H3/b6-5+. The molecule has 0 aliphatic rings. The summed E-state index contributed by atoms with van der Waals surface area (Å²) in [5.41, 5.74) is -1.63. The molecule has 0 aliphatic heterocycles. The Morgan fingerprint density at radius 1 is 1.26 bits per heavy atom. The van der Waals surface area contributed by atoms with E-state index in [4.69, 9.17) is 0 Å². The van der Waals surface area contributed by atoms with Crippen LogP contribution < -0.4 is 4.74 Å². The fourth-order valence-electron chi connectivity index (χ4n) is 1.28. The van der Waals surface area contributed by atoms with E-state index in [9.17, 15) is 26.7 Å². The molecule has 0 unspecified atom stereocenters. The quantitative estimate of drug-likeness (QED) is 0.480. The third-order valence-corrected chi connectivity index (χ3v) is 2.31. The second kappa shape index (κ2) is 5.38. The number of rotatable bonds is 3. The fraction of sp³-hybridized carbons (Fsp3) is 0.250. The third kappa shape index (κ3) is 3.30. The van der Waals surface area contributed by atoms with Crippen molar-refractivity contribution in [3.05, 3.63) is 41.0 Å². The van der Waals surface area contributed by atoms with Gasteiger partial charge in [-0.25, -0.2) is 4.39 Å². The van der Waals surface area contributed by atoms with Gasteiger partial charge < -0.3 is 4.74 Å². The summed E-state index contributed by atoms with van der Waals surface area (Å²) in [5, 5.41) is 0. The first kappa shape index (κ1) is 15.1. The van der Waals surface area contributed by atoms with Crippen LogP contribution in [0.5, 0.6) is 5.75 Å². The van der Waals surface area contributed by atoms with Crippen LogP contribution in [0.4, 0.5) is 22.0 Å². The smallest absolute Gasteiger partial charge is 0.412 e. The number of carbonyl (C=O) groups excluding carboxylic acids is 1. The van der Waals surface area contributed by atoms with Gasteiger partial charge in [0.25, 0.3) is 0 Å². The van der Waals surface area contributed by atoms with Gasteiger partial charge in [-0.05, 0) is 25.1 Å². The number of methoxy groups -OCH3 is 1. The van der Waals surface area contributed by atoms with Crippen LogP contribution in [0, 0.1) is 11.6 Å². The van der Waals surface area contributed by atoms with Crippen LogP contribution in [0.2, 0.25) is 0 Å². The summed E-state index contributed by atoms with van der Waals surface area (Å²) in [6, 6.07) is 1.50. The number of allylic oxidation sites excluding steroid dienone is 2. The van der Waals surface area contributed by atoms with Crippen molar-refractivity contribution in [2.24, 2.45) is 0 Å². The number of benzene rings is 1. The number of hydrogen-bond acceptors (Lipinski definition) is 2.